The molecule has 0 unspecified atom stereocenters. The van der Waals surface area contributed by atoms with E-state index in [1.165, 1.54) is 18.4 Å². The number of halogens is 1. The summed E-state index contributed by atoms with van der Waals surface area (Å²) in [7, 11) is 0. The van der Waals surface area contributed by atoms with Gasteiger partial charge in [-0.05, 0) is 43.5 Å². The van der Waals surface area contributed by atoms with Gasteiger partial charge in [-0.3, -0.25) is 4.99 Å². The Kier molecular flexibility index (Phi) is 5.67. The maximum absolute atomic E-state index is 6.21. The number of hydrogen-bond acceptors (Lipinski definition) is 4. The van der Waals surface area contributed by atoms with E-state index in [-0.39, 0.29) is 5.41 Å². The number of benzene rings is 1. The van der Waals surface area contributed by atoms with E-state index in [4.69, 9.17) is 16.6 Å². The molecule has 148 valence electrons. The topological polar surface area (TPSA) is 56.7 Å². The second-order valence-electron chi connectivity index (χ2n) is 7.48. The Morgan fingerprint density at radius 2 is 1.89 bits per heavy atom. The van der Waals surface area contributed by atoms with Crippen LogP contribution in [0.15, 0.2) is 47.7 Å². The lowest BCUT2D eigenvalue weighted by Gasteiger charge is -2.36. The van der Waals surface area contributed by atoms with E-state index in [1.54, 1.807) is 12.4 Å². The molecular weight excluding hydrogens is 372 g/mol. The summed E-state index contributed by atoms with van der Waals surface area (Å²) in [5.41, 5.74) is 1.47. The number of piperazine rings is 1. The Morgan fingerprint density at radius 1 is 1.14 bits per heavy atom. The molecule has 6 nitrogen and oxygen atoms in total. The standard InChI is InChI=1S/C21H27ClN6/c1-2-23-19(26-16-21(7-8-21)17-5-3-6-18(22)15-17)27-11-13-28(14-12-27)20-24-9-4-10-25-20/h3-6,9-10,15H,2,7-8,11-14,16H2,1H3,(H,23,26). The van der Waals surface area contributed by atoms with Crippen LogP contribution in [0.25, 0.3) is 0 Å². The lowest BCUT2D eigenvalue weighted by molar-refractivity contribution is 0.369. The first-order valence-electron chi connectivity index (χ1n) is 10.0. The van der Waals surface area contributed by atoms with Crippen molar-refractivity contribution in [3.63, 3.8) is 0 Å². The highest BCUT2D eigenvalue weighted by Crippen LogP contribution is 2.48. The number of aromatic nitrogens is 2. The van der Waals surface area contributed by atoms with Crippen molar-refractivity contribution >= 4 is 23.5 Å². The van der Waals surface area contributed by atoms with Gasteiger partial charge in [0.05, 0.1) is 6.54 Å². The molecule has 1 aliphatic heterocycles. The molecule has 0 amide bonds. The summed E-state index contributed by atoms with van der Waals surface area (Å²) in [5, 5.41) is 4.27. The molecule has 0 radical (unpaired) electrons. The molecular formula is C21H27ClN6. The molecule has 4 rings (SSSR count). The Balaban J connectivity index is 1.42. The summed E-state index contributed by atoms with van der Waals surface area (Å²) in [5.74, 6) is 1.81. The Morgan fingerprint density at radius 3 is 2.54 bits per heavy atom. The lowest BCUT2D eigenvalue weighted by Crippen LogP contribution is -2.53. The molecule has 2 fully saturated rings. The molecule has 0 atom stereocenters. The van der Waals surface area contributed by atoms with Crippen molar-refractivity contribution in [3.05, 3.63) is 53.3 Å². The SMILES string of the molecule is CCNC(=NCC1(c2cccc(Cl)c2)CC1)N1CCN(c2ncccn2)CC1. The van der Waals surface area contributed by atoms with Crippen molar-refractivity contribution in [1.82, 2.24) is 20.2 Å². The summed E-state index contributed by atoms with van der Waals surface area (Å²) in [6.07, 6.45) is 5.95. The molecule has 1 aromatic carbocycles. The van der Waals surface area contributed by atoms with E-state index >= 15 is 0 Å². The highest BCUT2D eigenvalue weighted by atomic mass is 35.5. The van der Waals surface area contributed by atoms with Crippen LogP contribution in [0.3, 0.4) is 0 Å². The predicted molar refractivity (Wildman–Crippen MR) is 114 cm³/mol. The summed E-state index contributed by atoms with van der Waals surface area (Å²) in [6, 6.07) is 10.1. The van der Waals surface area contributed by atoms with Crippen LogP contribution in [0.4, 0.5) is 5.95 Å². The van der Waals surface area contributed by atoms with Gasteiger partial charge in [0.1, 0.15) is 0 Å². The van der Waals surface area contributed by atoms with Crippen LogP contribution in [0.1, 0.15) is 25.3 Å². The van der Waals surface area contributed by atoms with Crippen LogP contribution in [-0.2, 0) is 5.41 Å². The molecule has 1 aliphatic carbocycles. The number of anilines is 1. The summed E-state index contributed by atoms with van der Waals surface area (Å²) >= 11 is 6.21. The zero-order valence-electron chi connectivity index (χ0n) is 16.3. The van der Waals surface area contributed by atoms with Gasteiger partial charge in [-0.15, -0.1) is 0 Å². The highest BCUT2D eigenvalue weighted by molar-refractivity contribution is 6.30. The van der Waals surface area contributed by atoms with Crippen LogP contribution in [0.5, 0.6) is 0 Å². The molecule has 2 aliphatic rings. The van der Waals surface area contributed by atoms with Crippen LogP contribution in [0.2, 0.25) is 5.02 Å². The van der Waals surface area contributed by atoms with Crippen molar-refractivity contribution in [2.45, 2.75) is 25.2 Å². The third-order valence-electron chi connectivity index (χ3n) is 5.57. The van der Waals surface area contributed by atoms with E-state index in [0.717, 1.165) is 56.2 Å². The molecule has 1 N–H and O–H groups in total. The Labute approximate surface area is 171 Å². The molecule has 0 spiro atoms. The zero-order chi connectivity index (χ0) is 19.4. The summed E-state index contributed by atoms with van der Waals surface area (Å²) < 4.78 is 0. The molecule has 2 heterocycles. The van der Waals surface area contributed by atoms with E-state index in [0.29, 0.717) is 0 Å². The van der Waals surface area contributed by atoms with Crippen LogP contribution in [0, 0.1) is 0 Å². The fraction of sp³-hybridized carbons (Fsp3) is 0.476. The van der Waals surface area contributed by atoms with Crippen molar-refractivity contribution in [2.75, 3.05) is 44.2 Å². The zero-order valence-corrected chi connectivity index (χ0v) is 17.1. The third kappa shape index (κ3) is 4.22. The Bertz CT molecular complexity index is 813. The second-order valence-corrected chi connectivity index (χ2v) is 7.92. The highest BCUT2D eigenvalue weighted by Gasteiger charge is 2.44. The largest absolute Gasteiger partial charge is 0.357 e. The van der Waals surface area contributed by atoms with Gasteiger partial charge in [-0.25, -0.2) is 9.97 Å². The van der Waals surface area contributed by atoms with Gasteiger partial charge in [0.2, 0.25) is 5.95 Å². The molecule has 28 heavy (non-hydrogen) atoms. The van der Waals surface area contributed by atoms with E-state index < -0.39 is 0 Å². The van der Waals surface area contributed by atoms with Crippen molar-refractivity contribution in [1.29, 1.82) is 0 Å². The molecule has 2 aromatic rings. The first-order chi connectivity index (χ1) is 13.7. The Hall–Kier alpha value is -2.34. The summed E-state index contributed by atoms with van der Waals surface area (Å²) in [6.45, 7) is 7.40. The van der Waals surface area contributed by atoms with Gasteiger partial charge in [-0.1, -0.05) is 23.7 Å². The number of nitrogens with one attached hydrogen (secondary N) is 1. The fourth-order valence-corrected chi connectivity index (χ4v) is 3.92. The maximum Gasteiger partial charge on any atom is 0.225 e. The molecule has 1 saturated carbocycles. The number of rotatable bonds is 5. The van der Waals surface area contributed by atoms with E-state index in [1.807, 2.05) is 18.2 Å². The van der Waals surface area contributed by atoms with Gasteiger partial charge < -0.3 is 15.1 Å². The van der Waals surface area contributed by atoms with Gasteiger partial charge in [0.15, 0.2) is 5.96 Å². The minimum Gasteiger partial charge on any atom is -0.357 e. The quantitative estimate of drug-likeness (QED) is 0.619. The smallest absolute Gasteiger partial charge is 0.225 e. The predicted octanol–water partition coefficient (Wildman–Crippen LogP) is 2.95. The van der Waals surface area contributed by atoms with Crippen molar-refractivity contribution in [3.8, 4) is 0 Å². The number of nitrogens with zero attached hydrogens (tertiary/aromatic N) is 5. The first kappa shape index (κ1) is 19.0. The number of guanidine groups is 1. The van der Waals surface area contributed by atoms with Crippen LogP contribution in [-0.4, -0.2) is 60.1 Å². The van der Waals surface area contributed by atoms with Gasteiger partial charge in [-0.2, -0.15) is 0 Å². The second kappa shape index (κ2) is 8.35. The normalized spacial score (nSPS) is 18.9. The van der Waals surface area contributed by atoms with E-state index in [2.05, 4.69) is 44.1 Å². The average Bonchev–Trinajstić information content (AvgIpc) is 3.53. The molecule has 0 bridgehead atoms. The number of hydrogen-bond donors (Lipinski definition) is 1. The molecule has 1 aromatic heterocycles. The first-order valence-corrected chi connectivity index (χ1v) is 10.4. The maximum atomic E-state index is 6.21. The van der Waals surface area contributed by atoms with Crippen molar-refractivity contribution in [2.24, 2.45) is 4.99 Å². The van der Waals surface area contributed by atoms with Gasteiger partial charge in [0, 0.05) is 55.6 Å². The summed E-state index contributed by atoms with van der Waals surface area (Å²) in [4.78, 5) is 18.3. The van der Waals surface area contributed by atoms with Gasteiger partial charge in [0.25, 0.3) is 0 Å². The van der Waals surface area contributed by atoms with Gasteiger partial charge >= 0.3 is 0 Å². The lowest BCUT2D eigenvalue weighted by atomic mass is 9.96. The van der Waals surface area contributed by atoms with E-state index in [9.17, 15) is 0 Å². The minimum atomic E-state index is 0.158. The average molecular weight is 399 g/mol. The van der Waals surface area contributed by atoms with Crippen LogP contribution < -0.4 is 10.2 Å². The third-order valence-corrected chi connectivity index (χ3v) is 5.81. The van der Waals surface area contributed by atoms with Crippen molar-refractivity contribution < 1.29 is 0 Å². The fourth-order valence-electron chi connectivity index (χ4n) is 3.73. The molecule has 1 saturated heterocycles. The van der Waals surface area contributed by atoms with Crippen LogP contribution >= 0.6 is 11.6 Å². The number of aliphatic imine (C=N–C) groups is 1. The monoisotopic (exact) mass is 398 g/mol. The minimum absolute atomic E-state index is 0.158. The molecule has 7 heteroatoms.